The summed E-state index contributed by atoms with van der Waals surface area (Å²) in [6.45, 7) is 1.98. The van der Waals surface area contributed by atoms with Gasteiger partial charge in [0.2, 0.25) is 0 Å². The maximum atomic E-state index is 11.1. The lowest BCUT2D eigenvalue weighted by Crippen LogP contribution is -2.11. The van der Waals surface area contributed by atoms with E-state index >= 15 is 0 Å². The Balaban J connectivity index is 3.09. The van der Waals surface area contributed by atoms with Crippen LogP contribution in [0.15, 0.2) is 18.2 Å². The van der Waals surface area contributed by atoms with Crippen molar-refractivity contribution in [1.82, 2.24) is 0 Å². The molecular weight excluding hydrogens is 171 g/mol. The van der Waals surface area contributed by atoms with Gasteiger partial charge in [-0.3, -0.25) is 0 Å². The van der Waals surface area contributed by atoms with Gasteiger partial charge in [0.1, 0.15) is 0 Å². The van der Waals surface area contributed by atoms with Gasteiger partial charge in [0.05, 0.1) is 12.7 Å². The van der Waals surface area contributed by atoms with Crippen molar-refractivity contribution in [3.63, 3.8) is 0 Å². The lowest BCUT2D eigenvalue weighted by atomic mass is 10.1. The van der Waals surface area contributed by atoms with Gasteiger partial charge >= 0.3 is 5.97 Å². The SMILES string of the molecule is COC(=O)c1ccc(C)cc1P. The summed E-state index contributed by atoms with van der Waals surface area (Å²) in [4.78, 5) is 11.1. The van der Waals surface area contributed by atoms with Crippen molar-refractivity contribution in [2.45, 2.75) is 6.92 Å². The molecule has 0 aliphatic carbocycles. The molecule has 2 nitrogen and oxygen atoms in total. The highest BCUT2D eigenvalue weighted by molar-refractivity contribution is 7.27. The molecule has 12 heavy (non-hydrogen) atoms. The summed E-state index contributed by atoms with van der Waals surface area (Å²) in [6.07, 6.45) is 0. The Morgan fingerprint density at radius 2 is 2.17 bits per heavy atom. The minimum absolute atomic E-state index is 0.292. The lowest BCUT2D eigenvalue weighted by molar-refractivity contribution is 0.0602. The zero-order valence-electron chi connectivity index (χ0n) is 7.13. The molecule has 1 unspecified atom stereocenters. The van der Waals surface area contributed by atoms with E-state index in [0.717, 1.165) is 10.9 Å². The van der Waals surface area contributed by atoms with Crippen LogP contribution in [0, 0.1) is 6.92 Å². The molecule has 1 rings (SSSR count). The van der Waals surface area contributed by atoms with Crippen molar-refractivity contribution < 1.29 is 9.53 Å². The summed E-state index contributed by atoms with van der Waals surface area (Å²) in [5.41, 5.74) is 1.74. The first-order valence-corrected chi connectivity index (χ1v) is 4.17. The van der Waals surface area contributed by atoms with Gasteiger partial charge in [0, 0.05) is 0 Å². The molecule has 0 spiro atoms. The Bertz CT molecular complexity index is 307. The van der Waals surface area contributed by atoms with Crippen molar-refractivity contribution in [3.05, 3.63) is 29.3 Å². The second-order valence-electron chi connectivity index (χ2n) is 2.58. The van der Waals surface area contributed by atoms with E-state index in [1.807, 2.05) is 19.1 Å². The van der Waals surface area contributed by atoms with Gasteiger partial charge in [-0.1, -0.05) is 17.7 Å². The average Bonchev–Trinajstić information content (AvgIpc) is 2.03. The van der Waals surface area contributed by atoms with Crippen molar-refractivity contribution in [2.24, 2.45) is 0 Å². The van der Waals surface area contributed by atoms with Crippen LogP contribution in [0.25, 0.3) is 0 Å². The van der Waals surface area contributed by atoms with Crippen molar-refractivity contribution in [2.75, 3.05) is 7.11 Å². The highest BCUT2D eigenvalue weighted by Crippen LogP contribution is 2.05. The number of hydrogen-bond acceptors (Lipinski definition) is 2. The fraction of sp³-hybridized carbons (Fsp3) is 0.222. The predicted octanol–water partition coefficient (Wildman–Crippen LogP) is 1.28. The molecule has 0 heterocycles. The van der Waals surface area contributed by atoms with E-state index in [4.69, 9.17) is 0 Å². The molecule has 0 N–H and O–H groups in total. The first kappa shape index (κ1) is 9.21. The highest BCUT2D eigenvalue weighted by atomic mass is 31.0. The molecule has 0 bridgehead atoms. The second-order valence-corrected chi connectivity index (χ2v) is 3.20. The highest BCUT2D eigenvalue weighted by Gasteiger charge is 2.07. The van der Waals surface area contributed by atoms with E-state index < -0.39 is 0 Å². The van der Waals surface area contributed by atoms with Crippen LogP contribution in [0.1, 0.15) is 15.9 Å². The van der Waals surface area contributed by atoms with Crippen LogP contribution in [0.3, 0.4) is 0 Å². The first-order valence-electron chi connectivity index (χ1n) is 3.59. The number of rotatable bonds is 1. The van der Waals surface area contributed by atoms with Gasteiger partial charge in [-0.25, -0.2) is 4.79 Å². The third kappa shape index (κ3) is 1.83. The van der Waals surface area contributed by atoms with E-state index in [0.29, 0.717) is 5.56 Å². The fourth-order valence-corrected chi connectivity index (χ4v) is 1.45. The molecular formula is C9H11O2P. The van der Waals surface area contributed by atoms with Crippen LogP contribution in [-0.4, -0.2) is 13.1 Å². The van der Waals surface area contributed by atoms with Gasteiger partial charge in [0.15, 0.2) is 0 Å². The molecule has 3 heteroatoms. The van der Waals surface area contributed by atoms with Crippen LogP contribution in [0.4, 0.5) is 0 Å². The fourth-order valence-electron chi connectivity index (χ4n) is 0.978. The summed E-state index contributed by atoms with van der Waals surface area (Å²) < 4.78 is 4.60. The van der Waals surface area contributed by atoms with Crippen molar-refractivity contribution >= 4 is 20.5 Å². The third-order valence-electron chi connectivity index (χ3n) is 1.61. The van der Waals surface area contributed by atoms with Crippen LogP contribution >= 0.6 is 9.24 Å². The van der Waals surface area contributed by atoms with E-state index in [9.17, 15) is 4.79 Å². The first-order chi connectivity index (χ1) is 5.65. The minimum atomic E-state index is -0.292. The van der Waals surface area contributed by atoms with E-state index in [-0.39, 0.29) is 5.97 Å². The molecule has 0 saturated heterocycles. The molecule has 64 valence electrons. The Morgan fingerprint density at radius 1 is 1.50 bits per heavy atom. The number of carbonyl (C=O) groups excluding carboxylic acids is 1. The van der Waals surface area contributed by atoms with Gasteiger partial charge in [-0.15, -0.1) is 9.24 Å². The number of hydrogen-bond donors (Lipinski definition) is 0. The summed E-state index contributed by atoms with van der Waals surface area (Å²) >= 11 is 0. The molecule has 1 aromatic rings. The number of methoxy groups -OCH3 is 1. The maximum absolute atomic E-state index is 11.1. The standard InChI is InChI=1S/C9H11O2P/c1-6-3-4-7(8(12)5-6)9(10)11-2/h3-5H,12H2,1-2H3. The Morgan fingerprint density at radius 3 is 2.67 bits per heavy atom. The Kier molecular flexibility index (Phi) is 2.83. The van der Waals surface area contributed by atoms with E-state index in [1.165, 1.54) is 7.11 Å². The molecule has 1 atom stereocenters. The molecule has 0 amide bonds. The Labute approximate surface area is 74.1 Å². The van der Waals surface area contributed by atoms with E-state index in [1.54, 1.807) is 6.07 Å². The molecule has 0 saturated carbocycles. The molecule has 0 radical (unpaired) electrons. The molecule has 0 aromatic heterocycles. The van der Waals surface area contributed by atoms with Gasteiger partial charge < -0.3 is 4.74 Å². The third-order valence-corrected chi connectivity index (χ3v) is 2.09. The molecule has 0 fully saturated rings. The number of carbonyl (C=O) groups is 1. The van der Waals surface area contributed by atoms with Crippen molar-refractivity contribution in [1.29, 1.82) is 0 Å². The molecule has 0 aliphatic heterocycles. The van der Waals surface area contributed by atoms with E-state index in [2.05, 4.69) is 14.0 Å². The number of esters is 1. The van der Waals surface area contributed by atoms with Crippen molar-refractivity contribution in [3.8, 4) is 0 Å². The number of aryl methyl sites for hydroxylation is 1. The monoisotopic (exact) mass is 182 g/mol. The van der Waals surface area contributed by atoms with Gasteiger partial charge in [-0.05, 0) is 18.3 Å². The minimum Gasteiger partial charge on any atom is -0.465 e. The largest absolute Gasteiger partial charge is 0.465 e. The van der Waals surface area contributed by atoms with Gasteiger partial charge in [-0.2, -0.15) is 0 Å². The predicted molar refractivity (Wildman–Crippen MR) is 51.9 cm³/mol. The lowest BCUT2D eigenvalue weighted by Gasteiger charge is -2.03. The summed E-state index contributed by atoms with van der Waals surface area (Å²) in [6, 6.07) is 5.58. The average molecular weight is 182 g/mol. The normalized spacial score (nSPS) is 9.58. The zero-order chi connectivity index (χ0) is 9.14. The van der Waals surface area contributed by atoms with Gasteiger partial charge in [0.25, 0.3) is 0 Å². The summed E-state index contributed by atoms with van der Waals surface area (Å²) in [5, 5.41) is 0.877. The quantitative estimate of drug-likeness (QED) is 0.483. The van der Waals surface area contributed by atoms with Crippen LogP contribution in [0.2, 0.25) is 0 Å². The smallest absolute Gasteiger partial charge is 0.338 e. The molecule has 0 aliphatic rings. The van der Waals surface area contributed by atoms with Crippen LogP contribution in [-0.2, 0) is 4.74 Å². The van der Waals surface area contributed by atoms with Crippen LogP contribution < -0.4 is 5.30 Å². The number of benzene rings is 1. The summed E-state index contributed by atoms with van der Waals surface area (Å²) in [5.74, 6) is -0.292. The summed E-state index contributed by atoms with van der Waals surface area (Å²) in [7, 11) is 3.90. The van der Waals surface area contributed by atoms with Crippen LogP contribution in [0.5, 0.6) is 0 Å². The molecule has 1 aromatic carbocycles. The maximum Gasteiger partial charge on any atom is 0.338 e. The topological polar surface area (TPSA) is 26.3 Å². The Hall–Kier alpha value is -0.880. The second kappa shape index (κ2) is 3.68. The zero-order valence-corrected chi connectivity index (χ0v) is 8.28. The number of ether oxygens (including phenoxy) is 1.